The van der Waals surface area contributed by atoms with E-state index in [2.05, 4.69) is 10.4 Å². The van der Waals surface area contributed by atoms with E-state index in [9.17, 15) is 22.8 Å². The summed E-state index contributed by atoms with van der Waals surface area (Å²) >= 11 is 0. The molecule has 146 valence electrons. The summed E-state index contributed by atoms with van der Waals surface area (Å²) < 4.78 is 41.7. The summed E-state index contributed by atoms with van der Waals surface area (Å²) in [6.07, 6.45) is 1.96. The lowest BCUT2D eigenvalue weighted by Crippen LogP contribution is -2.34. The Morgan fingerprint density at radius 2 is 2.00 bits per heavy atom. The standard InChI is InChI=1S/C18H21F3N4O2/c1-24-9-8-15(23-24)22-17(27)14(10-12-4-2-3-5-12)25-11-13(18(19,20)21)6-7-16(25)26/h6-9,11-12,14H,2-5,10H2,1H3,(H,22,23,27)/t14-/m0/s1. The molecule has 1 aliphatic rings. The molecule has 0 saturated heterocycles. The number of hydrogen-bond donors (Lipinski definition) is 1. The van der Waals surface area contributed by atoms with Crippen LogP contribution in [0.2, 0.25) is 0 Å². The normalized spacial score (nSPS) is 16.4. The lowest BCUT2D eigenvalue weighted by molar-refractivity contribution is -0.138. The van der Waals surface area contributed by atoms with Gasteiger partial charge in [-0.2, -0.15) is 18.3 Å². The number of aromatic nitrogens is 3. The molecule has 2 aromatic heterocycles. The van der Waals surface area contributed by atoms with Gasteiger partial charge in [0, 0.05) is 31.6 Å². The maximum absolute atomic E-state index is 13.1. The Hall–Kier alpha value is -2.58. The SMILES string of the molecule is Cn1ccc(NC(=O)[C@H](CC2CCCC2)n2cc(C(F)(F)F)ccc2=O)n1. The first-order chi connectivity index (χ1) is 12.7. The second kappa shape index (κ2) is 7.58. The summed E-state index contributed by atoms with van der Waals surface area (Å²) in [7, 11) is 1.68. The van der Waals surface area contributed by atoms with Crippen LogP contribution >= 0.6 is 0 Å². The highest BCUT2D eigenvalue weighted by atomic mass is 19.4. The number of amides is 1. The number of halogens is 3. The molecule has 27 heavy (non-hydrogen) atoms. The Kier molecular flexibility index (Phi) is 5.38. The number of alkyl halides is 3. The molecule has 0 unspecified atom stereocenters. The van der Waals surface area contributed by atoms with E-state index in [0.717, 1.165) is 48.6 Å². The molecule has 2 aromatic rings. The zero-order valence-corrected chi connectivity index (χ0v) is 14.9. The maximum Gasteiger partial charge on any atom is 0.417 e. The van der Waals surface area contributed by atoms with Gasteiger partial charge >= 0.3 is 6.18 Å². The van der Waals surface area contributed by atoms with Crippen molar-refractivity contribution in [1.82, 2.24) is 14.3 Å². The fraction of sp³-hybridized carbons (Fsp3) is 0.500. The van der Waals surface area contributed by atoms with Crippen LogP contribution in [-0.4, -0.2) is 20.3 Å². The highest BCUT2D eigenvalue weighted by molar-refractivity contribution is 5.92. The molecule has 1 aliphatic carbocycles. The van der Waals surface area contributed by atoms with E-state index in [-0.39, 0.29) is 5.92 Å². The molecular weight excluding hydrogens is 361 g/mol. The molecule has 1 atom stereocenters. The number of carbonyl (C=O) groups is 1. The number of anilines is 1. The highest BCUT2D eigenvalue weighted by Crippen LogP contribution is 2.33. The average molecular weight is 382 g/mol. The minimum Gasteiger partial charge on any atom is -0.307 e. The molecule has 0 aliphatic heterocycles. The lowest BCUT2D eigenvalue weighted by atomic mass is 9.97. The van der Waals surface area contributed by atoms with Crippen molar-refractivity contribution >= 4 is 11.7 Å². The minimum absolute atomic E-state index is 0.200. The summed E-state index contributed by atoms with van der Waals surface area (Å²) in [5.74, 6) is -0.0492. The van der Waals surface area contributed by atoms with Crippen LogP contribution in [0.5, 0.6) is 0 Å². The predicted molar refractivity (Wildman–Crippen MR) is 93.2 cm³/mol. The number of carbonyl (C=O) groups excluding carboxylic acids is 1. The van der Waals surface area contributed by atoms with Crippen LogP contribution < -0.4 is 10.9 Å². The second-order valence-electron chi connectivity index (χ2n) is 6.93. The maximum atomic E-state index is 13.1. The van der Waals surface area contributed by atoms with Gasteiger partial charge in [0.05, 0.1) is 5.56 Å². The predicted octanol–water partition coefficient (Wildman–Crippen LogP) is 3.36. The topological polar surface area (TPSA) is 68.9 Å². The molecule has 1 saturated carbocycles. The quantitative estimate of drug-likeness (QED) is 0.862. The molecule has 1 fully saturated rings. The Morgan fingerprint density at radius 1 is 1.30 bits per heavy atom. The second-order valence-corrected chi connectivity index (χ2v) is 6.93. The summed E-state index contributed by atoms with van der Waals surface area (Å²) in [6, 6.07) is 2.16. The van der Waals surface area contributed by atoms with E-state index in [1.54, 1.807) is 19.3 Å². The van der Waals surface area contributed by atoms with Crippen molar-refractivity contribution in [3.63, 3.8) is 0 Å². The van der Waals surface area contributed by atoms with Gasteiger partial charge < -0.3 is 9.88 Å². The van der Waals surface area contributed by atoms with Gasteiger partial charge in [-0.3, -0.25) is 14.3 Å². The number of pyridine rings is 1. The van der Waals surface area contributed by atoms with Gasteiger partial charge in [-0.1, -0.05) is 25.7 Å². The molecule has 3 rings (SSSR count). The van der Waals surface area contributed by atoms with Gasteiger partial charge in [-0.15, -0.1) is 0 Å². The van der Waals surface area contributed by atoms with Gasteiger partial charge in [-0.05, 0) is 18.4 Å². The third-order valence-electron chi connectivity index (χ3n) is 4.90. The van der Waals surface area contributed by atoms with E-state index < -0.39 is 29.2 Å². The Bertz CT molecular complexity index is 866. The van der Waals surface area contributed by atoms with Crippen molar-refractivity contribution in [3.05, 3.63) is 46.5 Å². The van der Waals surface area contributed by atoms with Crippen molar-refractivity contribution in [2.24, 2.45) is 13.0 Å². The van der Waals surface area contributed by atoms with Crippen LogP contribution in [0.4, 0.5) is 19.0 Å². The number of aryl methyl sites for hydroxylation is 1. The summed E-state index contributed by atoms with van der Waals surface area (Å²) in [5, 5.41) is 6.66. The minimum atomic E-state index is -4.59. The Balaban J connectivity index is 1.93. The smallest absolute Gasteiger partial charge is 0.307 e. The van der Waals surface area contributed by atoms with Crippen LogP contribution in [0.3, 0.4) is 0 Å². The Morgan fingerprint density at radius 3 is 2.59 bits per heavy atom. The zero-order chi connectivity index (χ0) is 19.6. The van der Waals surface area contributed by atoms with Gasteiger partial charge in [0.2, 0.25) is 5.91 Å². The monoisotopic (exact) mass is 382 g/mol. The lowest BCUT2D eigenvalue weighted by Gasteiger charge is -2.23. The van der Waals surface area contributed by atoms with Gasteiger partial charge in [0.25, 0.3) is 5.56 Å². The molecule has 0 radical (unpaired) electrons. The van der Waals surface area contributed by atoms with E-state index in [1.165, 1.54) is 4.68 Å². The van der Waals surface area contributed by atoms with Crippen LogP contribution in [0, 0.1) is 5.92 Å². The molecule has 1 N–H and O–H groups in total. The van der Waals surface area contributed by atoms with Gasteiger partial charge in [0.15, 0.2) is 5.82 Å². The van der Waals surface area contributed by atoms with E-state index in [1.807, 2.05) is 0 Å². The molecule has 0 spiro atoms. The zero-order valence-electron chi connectivity index (χ0n) is 14.9. The number of nitrogens with zero attached hydrogens (tertiary/aromatic N) is 3. The number of rotatable bonds is 5. The summed E-state index contributed by atoms with van der Waals surface area (Å²) in [6.45, 7) is 0. The third kappa shape index (κ3) is 4.58. The first-order valence-corrected chi connectivity index (χ1v) is 8.84. The molecule has 0 aromatic carbocycles. The first kappa shape index (κ1) is 19.2. The van der Waals surface area contributed by atoms with Crippen molar-refractivity contribution in [3.8, 4) is 0 Å². The van der Waals surface area contributed by atoms with Crippen molar-refractivity contribution in [2.45, 2.75) is 44.3 Å². The summed E-state index contributed by atoms with van der Waals surface area (Å²) in [5.41, 5.74) is -1.59. The fourth-order valence-corrected chi connectivity index (χ4v) is 3.51. The van der Waals surface area contributed by atoms with E-state index in [4.69, 9.17) is 0 Å². The number of hydrogen-bond acceptors (Lipinski definition) is 3. The van der Waals surface area contributed by atoms with Crippen molar-refractivity contribution in [1.29, 1.82) is 0 Å². The van der Waals surface area contributed by atoms with Crippen molar-refractivity contribution in [2.75, 3.05) is 5.32 Å². The first-order valence-electron chi connectivity index (χ1n) is 8.84. The van der Waals surface area contributed by atoms with Crippen molar-refractivity contribution < 1.29 is 18.0 Å². The van der Waals surface area contributed by atoms with Crippen LogP contribution in [-0.2, 0) is 18.0 Å². The van der Waals surface area contributed by atoms with Gasteiger partial charge in [-0.25, -0.2) is 0 Å². The van der Waals surface area contributed by atoms with Gasteiger partial charge in [0.1, 0.15) is 6.04 Å². The van der Waals surface area contributed by atoms with E-state index >= 15 is 0 Å². The molecule has 2 heterocycles. The van der Waals surface area contributed by atoms with Crippen LogP contribution in [0.15, 0.2) is 35.4 Å². The average Bonchev–Trinajstić information content (AvgIpc) is 3.24. The molecular formula is C18H21F3N4O2. The summed E-state index contributed by atoms with van der Waals surface area (Å²) in [4.78, 5) is 25.1. The Labute approximate surface area is 154 Å². The van der Waals surface area contributed by atoms with Crippen LogP contribution in [0.25, 0.3) is 0 Å². The highest BCUT2D eigenvalue weighted by Gasteiger charge is 2.33. The molecule has 0 bridgehead atoms. The molecule has 1 amide bonds. The largest absolute Gasteiger partial charge is 0.417 e. The fourth-order valence-electron chi connectivity index (χ4n) is 3.51. The molecule has 9 heteroatoms. The molecule has 6 nitrogen and oxygen atoms in total. The van der Waals surface area contributed by atoms with Crippen LogP contribution in [0.1, 0.15) is 43.7 Å². The third-order valence-corrected chi connectivity index (χ3v) is 4.90. The van der Waals surface area contributed by atoms with E-state index in [0.29, 0.717) is 12.2 Å². The number of nitrogens with one attached hydrogen (secondary N) is 1.